The zero-order chi connectivity index (χ0) is 13.3. The van der Waals surface area contributed by atoms with Gasteiger partial charge in [-0.1, -0.05) is 11.6 Å². The molecule has 1 heterocycles. The van der Waals surface area contributed by atoms with Crippen LogP contribution in [0.2, 0.25) is 5.02 Å². The van der Waals surface area contributed by atoms with Crippen LogP contribution < -0.4 is 0 Å². The molecule has 7 heteroatoms. The number of hydrogen-bond donors (Lipinski definition) is 5. The standard InChI is InChI=1S/C11H13ClN2O4/c12-5-1-2-6-7(3-5)14-11(13-6)10(18)9(17)8(16)4-15/h1-3,8-10,15-18H,4H2,(H,13,14)/t8-,9?,10?/m1/s1. The zero-order valence-electron chi connectivity index (χ0n) is 9.29. The molecule has 0 radical (unpaired) electrons. The van der Waals surface area contributed by atoms with E-state index in [1.807, 2.05) is 0 Å². The first-order valence-electron chi connectivity index (χ1n) is 5.33. The van der Waals surface area contributed by atoms with Gasteiger partial charge in [0.05, 0.1) is 17.6 Å². The molecule has 1 aromatic carbocycles. The topological polar surface area (TPSA) is 110 Å². The number of fused-ring (bicyclic) bond motifs is 1. The van der Waals surface area contributed by atoms with Gasteiger partial charge < -0.3 is 25.4 Å². The van der Waals surface area contributed by atoms with Crippen molar-refractivity contribution in [1.82, 2.24) is 9.97 Å². The first kappa shape index (κ1) is 13.3. The lowest BCUT2D eigenvalue weighted by molar-refractivity contribution is -0.0800. The van der Waals surface area contributed by atoms with Crippen LogP contribution in [-0.2, 0) is 0 Å². The fourth-order valence-corrected chi connectivity index (χ4v) is 1.79. The third-order valence-corrected chi connectivity index (χ3v) is 2.88. The van der Waals surface area contributed by atoms with E-state index in [4.69, 9.17) is 16.7 Å². The summed E-state index contributed by atoms with van der Waals surface area (Å²) in [4.78, 5) is 6.87. The number of nitrogens with one attached hydrogen (secondary N) is 1. The number of imidazole rings is 1. The predicted molar refractivity (Wildman–Crippen MR) is 65.2 cm³/mol. The van der Waals surface area contributed by atoms with Crippen LogP contribution in [0.25, 0.3) is 11.0 Å². The van der Waals surface area contributed by atoms with Crippen LogP contribution in [0.4, 0.5) is 0 Å². The molecule has 0 amide bonds. The summed E-state index contributed by atoms with van der Waals surface area (Å²) < 4.78 is 0. The Labute approximate surface area is 107 Å². The molecular weight excluding hydrogens is 260 g/mol. The fourth-order valence-electron chi connectivity index (χ4n) is 1.62. The van der Waals surface area contributed by atoms with E-state index in [1.165, 1.54) is 0 Å². The lowest BCUT2D eigenvalue weighted by atomic mass is 10.1. The number of H-pyrrole nitrogens is 1. The Kier molecular flexibility index (Phi) is 3.84. The molecule has 0 saturated carbocycles. The van der Waals surface area contributed by atoms with Crippen molar-refractivity contribution in [3.8, 4) is 0 Å². The lowest BCUT2D eigenvalue weighted by Crippen LogP contribution is -2.35. The third kappa shape index (κ3) is 2.47. The minimum absolute atomic E-state index is 0.104. The van der Waals surface area contributed by atoms with Gasteiger partial charge in [0.15, 0.2) is 0 Å². The number of aliphatic hydroxyl groups is 4. The minimum atomic E-state index is -1.52. The van der Waals surface area contributed by atoms with E-state index in [0.29, 0.717) is 16.1 Å². The van der Waals surface area contributed by atoms with Crippen molar-refractivity contribution in [2.24, 2.45) is 0 Å². The average molecular weight is 273 g/mol. The van der Waals surface area contributed by atoms with Crippen LogP contribution in [0.3, 0.4) is 0 Å². The Morgan fingerprint density at radius 1 is 1.28 bits per heavy atom. The highest BCUT2D eigenvalue weighted by Crippen LogP contribution is 2.22. The lowest BCUT2D eigenvalue weighted by Gasteiger charge is -2.19. The van der Waals surface area contributed by atoms with Crippen molar-refractivity contribution in [3.05, 3.63) is 29.0 Å². The quantitative estimate of drug-likeness (QED) is 0.537. The van der Waals surface area contributed by atoms with E-state index >= 15 is 0 Å². The van der Waals surface area contributed by atoms with Crippen LogP contribution in [0, 0.1) is 0 Å². The molecule has 5 N–H and O–H groups in total. The van der Waals surface area contributed by atoms with Gasteiger partial charge in [-0.25, -0.2) is 4.98 Å². The van der Waals surface area contributed by atoms with Crippen LogP contribution in [0.1, 0.15) is 11.9 Å². The van der Waals surface area contributed by atoms with E-state index in [2.05, 4.69) is 9.97 Å². The molecule has 98 valence electrons. The molecule has 0 bridgehead atoms. The van der Waals surface area contributed by atoms with Gasteiger partial charge in [-0.2, -0.15) is 0 Å². The Hall–Kier alpha value is -1.18. The highest BCUT2D eigenvalue weighted by Gasteiger charge is 2.27. The molecule has 0 saturated heterocycles. The summed E-state index contributed by atoms with van der Waals surface area (Å²) in [6, 6.07) is 4.95. The first-order chi connectivity index (χ1) is 8.52. The number of nitrogens with zero attached hydrogens (tertiary/aromatic N) is 1. The smallest absolute Gasteiger partial charge is 0.140 e. The molecule has 0 aliphatic heterocycles. The molecule has 18 heavy (non-hydrogen) atoms. The summed E-state index contributed by atoms with van der Waals surface area (Å²) in [5, 5.41) is 37.9. The van der Waals surface area contributed by atoms with E-state index < -0.39 is 24.9 Å². The number of aliphatic hydroxyl groups excluding tert-OH is 4. The summed E-state index contributed by atoms with van der Waals surface area (Å²) in [6.45, 7) is -0.649. The summed E-state index contributed by atoms with van der Waals surface area (Å²) >= 11 is 5.81. The maximum Gasteiger partial charge on any atom is 0.140 e. The highest BCUT2D eigenvalue weighted by molar-refractivity contribution is 6.31. The molecule has 0 spiro atoms. The number of aromatic nitrogens is 2. The Balaban J connectivity index is 2.30. The minimum Gasteiger partial charge on any atom is -0.394 e. The molecular formula is C11H13ClN2O4. The second-order valence-corrected chi connectivity index (χ2v) is 4.41. The second kappa shape index (κ2) is 5.21. The van der Waals surface area contributed by atoms with Gasteiger partial charge in [0, 0.05) is 5.02 Å². The monoisotopic (exact) mass is 272 g/mol. The van der Waals surface area contributed by atoms with Crippen LogP contribution in [-0.4, -0.2) is 49.2 Å². The van der Waals surface area contributed by atoms with Gasteiger partial charge in [-0.15, -0.1) is 0 Å². The summed E-state index contributed by atoms with van der Waals surface area (Å²) in [5.41, 5.74) is 1.20. The zero-order valence-corrected chi connectivity index (χ0v) is 10.0. The van der Waals surface area contributed by atoms with Crippen molar-refractivity contribution in [1.29, 1.82) is 0 Å². The number of hydrogen-bond acceptors (Lipinski definition) is 5. The van der Waals surface area contributed by atoms with Crippen LogP contribution in [0.5, 0.6) is 0 Å². The fraction of sp³-hybridized carbons (Fsp3) is 0.364. The molecule has 0 fully saturated rings. The Bertz CT molecular complexity index is 545. The summed E-state index contributed by atoms with van der Waals surface area (Å²) in [5.74, 6) is 0.104. The van der Waals surface area contributed by atoms with Gasteiger partial charge in [-0.05, 0) is 18.2 Å². The molecule has 2 rings (SSSR count). The Morgan fingerprint density at radius 2 is 2.00 bits per heavy atom. The molecule has 2 unspecified atom stereocenters. The van der Waals surface area contributed by atoms with Crippen molar-refractivity contribution in [3.63, 3.8) is 0 Å². The molecule has 2 aromatic rings. The van der Waals surface area contributed by atoms with Gasteiger partial charge in [0.2, 0.25) is 0 Å². The first-order valence-corrected chi connectivity index (χ1v) is 5.71. The SMILES string of the molecule is OC[C@@H](O)C(O)C(O)c1nc2ccc(Cl)cc2[nH]1. The van der Waals surface area contributed by atoms with Gasteiger partial charge in [0.25, 0.3) is 0 Å². The van der Waals surface area contributed by atoms with Gasteiger partial charge >= 0.3 is 0 Å². The van der Waals surface area contributed by atoms with Gasteiger partial charge in [-0.3, -0.25) is 0 Å². The maximum atomic E-state index is 9.81. The number of halogens is 1. The Morgan fingerprint density at radius 3 is 2.67 bits per heavy atom. The number of rotatable bonds is 4. The molecule has 3 atom stereocenters. The van der Waals surface area contributed by atoms with E-state index in [0.717, 1.165) is 0 Å². The largest absolute Gasteiger partial charge is 0.394 e. The number of benzene rings is 1. The summed E-state index contributed by atoms with van der Waals surface area (Å²) in [6.07, 6.45) is -4.37. The van der Waals surface area contributed by atoms with Crippen LogP contribution >= 0.6 is 11.6 Å². The van der Waals surface area contributed by atoms with Crippen molar-refractivity contribution in [2.75, 3.05) is 6.61 Å². The van der Waals surface area contributed by atoms with Crippen LogP contribution in [0.15, 0.2) is 18.2 Å². The molecule has 1 aromatic heterocycles. The van der Waals surface area contributed by atoms with E-state index in [9.17, 15) is 15.3 Å². The average Bonchev–Trinajstić information content (AvgIpc) is 2.78. The third-order valence-electron chi connectivity index (χ3n) is 2.65. The number of aromatic amines is 1. The second-order valence-electron chi connectivity index (χ2n) is 3.97. The van der Waals surface area contributed by atoms with Crippen molar-refractivity contribution in [2.45, 2.75) is 18.3 Å². The normalized spacial score (nSPS) is 16.7. The predicted octanol–water partition coefficient (Wildman–Crippen LogP) is -0.0362. The maximum absolute atomic E-state index is 9.81. The summed E-state index contributed by atoms with van der Waals surface area (Å²) in [7, 11) is 0. The van der Waals surface area contributed by atoms with E-state index in [-0.39, 0.29) is 5.82 Å². The highest BCUT2D eigenvalue weighted by atomic mass is 35.5. The molecule has 6 nitrogen and oxygen atoms in total. The van der Waals surface area contributed by atoms with Gasteiger partial charge in [0.1, 0.15) is 24.1 Å². The van der Waals surface area contributed by atoms with E-state index in [1.54, 1.807) is 18.2 Å². The molecule has 0 aliphatic carbocycles. The molecule has 0 aliphatic rings. The van der Waals surface area contributed by atoms with Crippen molar-refractivity contribution < 1.29 is 20.4 Å². The van der Waals surface area contributed by atoms with Crippen molar-refractivity contribution >= 4 is 22.6 Å².